The topological polar surface area (TPSA) is 101 Å². The van der Waals surface area contributed by atoms with Gasteiger partial charge >= 0.3 is 6.09 Å². The number of hydrogen-bond acceptors (Lipinski definition) is 4. The predicted octanol–water partition coefficient (Wildman–Crippen LogP) is 3.06. The summed E-state index contributed by atoms with van der Waals surface area (Å²) in [5.74, 6) is 0.946. The first kappa shape index (κ1) is 18.1. The second-order valence-corrected chi connectivity index (χ2v) is 6.73. The lowest BCUT2D eigenvalue weighted by atomic mass is 10.1. The average Bonchev–Trinajstić information content (AvgIpc) is 3.41. The molecule has 26 heavy (non-hydrogen) atoms. The summed E-state index contributed by atoms with van der Waals surface area (Å²) in [6.45, 7) is 3.04. The van der Waals surface area contributed by atoms with Crippen molar-refractivity contribution in [2.75, 3.05) is 6.61 Å². The van der Waals surface area contributed by atoms with Crippen LogP contribution in [0.25, 0.3) is 10.8 Å². The van der Waals surface area contributed by atoms with E-state index in [0.29, 0.717) is 41.3 Å². The van der Waals surface area contributed by atoms with E-state index in [1.165, 1.54) is 12.1 Å². The molecule has 1 fully saturated rings. The van der Waals surface area contributed by atoms with Crippen molar-refractivity contribution in [2.24, 2.45) is 5.92 Å². The Kier molecular flexibility index (Phi) is 5.35. The van der Waals surface area contributed by atoms with Gasteiger partial charge < -0.3 is 24.8 Å². The first-order chi connectivity index (χ1) is 12.5. The number of rotatable bonds is 8. The zero-order valence-electron chi connectivity index (χ0n) is 14.8. The third-order valence-electron chi connectivity index (χ3n) is 4.60. The molecule has 0 saturated heterocycles. The molecule has 1 aromatic heterocycles. The maximum atomic E-state index is 13.0. The number of aromatic hydroxyl groups is 1. The molecule has 1 saturated carbocycles. The van der Waals surface area contributed by atoms with Crippen LogP contribution in [0.3, 0.4) is 0 Å². The molecule has 1 aliphatic rings. The fraction of sp³-hybridized carbons (Fsp3) is 0.474. The second kappa shape index (κ2) is 7.68. The molecule has 1 amide bonds. The largest absolute Gasteiger partial charge is 0.508 e. The zero-order valence-corrected chi connectivity index (χ0v) is 14.8. The SMILES string of the molecule is CCCCOc1c(CNC(=O)O)n(CC2CC2)c(=O)c2ccc(O)cc12. The normalized spacial score (nSPS) is 13.7. The third kappa shape index (κ3) is 3.92. The second-order valence-electron chi connectivity index (χ2n) is 6.73. The number of phenols is 1. The van der Waals surface area contributed by atoms with E-state index in [4.69, 9.17) is 9.84 Å². The number of benzene rings is 1. The molecule has 7 nitrogen and oxygen atoms in total. The summed E-state index contributed by atoms with van der Waals surface area (Å²) < 4.78 is 7.61. The molecule has 3 rings (SSSR count). The number of carbonyl (C=O) groups is 1. The Morgan fingerprint density at radius 1 is 1.35 bits per heavy atom. The molecule has 0 unspecified atom stereocenters. The van der Waals surface area contributed by atoms with E-state index in [1.54, 1.807) is 10.6 Å². The Hall–Kier alpha value is -2.70. The number of nitrogens with one attached hydrogen (secondary N) is 1. The molecule has 0 aliphatic heterocycles. The van der Waals surface area contributed by atoms with Crippen LogP contribution in [0.5, 0.6) is 11.5 Å². The number of nitrogens with zero attached hydrogens (tertiary/aromatic N) is 1. The van der Waals surface area contributed by atoms with Gasteiger partial charge in [-0.25, -0.2) is 4.79 Å². The van der Waals surface area contributed by atoms with E-state index in [-0.39, 0.29) is 17.9 Å². The zero-order chi connectivity index (χ0) is 18.7. The summed E-state index contributed by atoms with van der Waals surface area (Å²) in [7, 11) is 0. The van der Waals surface area contributed by atoms with Crippen molar-refractivity contribution in [1.29, 1.82) is 0 Å². The van der Waals surface area contributed by atoms with Crippen molar-refractivity contribution in [2.45, 2.75) is 45.7 Å². The molecular formula is C19H24N2O5. The molecular weight excluding hydrogens is 336 g/mol. The van der Waals surface area contributed by atoms with Crippen molar-refractivity contribution in [3.63, 3.8) is 0 Å². The van der Waals surface area contributed by atoms with Gasteiger partial charge in [-0.3, -0.25) is 4.79 Å². The van der Waals surface area contributed by atoms with Gasteiger partial charge in [-0.05, 0) is 43.4 Å². The minimum Gasteiger partial charge on any atom is -0.508 e. The van der Waals surface area contributed by atoms with Crippen molar-refractivity contribution >= 4 is 16.9 Å². The van der Waals surface area contributed by atoms with Crippen LogP contribution in [0.1, 0.15) is 38.3 Å². The van der Waals surface area contributed by atoms with Gasteiger partial charge in [-0.1, -0.05) is 13.3 Å². The van der Waals surface area contributed by atoms with Crippen LogP contribution in [0.15, 0.2) is 23.0 Å². The standard InChI is InChI=1S/C19H24N2O5/c1-2-3-8-26-17-15-9-13(22)6-7-14(15)18(23)21(11-12-4-5-12)16(17)10-20-19(24)25/h6-7,9,12,20,22H,2-5,8,10-11H2,1H3,(H,24,25). The third-order valence-corrected chi connectivity index (χ3v) is 4.60. The van der Waals surface area contributed by atoms with E-state index in [9.17, 15) is 14.7 Å². The molecule has 0 atom stereocenters. The van der Waals surface area contributed by atoms with Crippen LogP contribution in [0.2, 0.25) is 0 Å². The summed E-state index contributed by atoms with van der Waals surface area (Å²) in [6, 6.07) is 4.58. The molecule has 2 aromatic rings. The number of carboxylic acid groups (broad SMARTS) is 1. The van der Waals surface area contributed by atoms with Crippen molar-refractivity contribution in [1.82, 2.24) is 9.88 Å². The highest BCUT2D eigenvalue weighted by atomic mass is 16.5. The molecule has 1 aliphatic carbocycles. The smallest absolute Gasteiger partial charge is 0.404 e. The summed E-state index contributed by atoms with van der Waals surface area (Å²) in [4.78, 5) is 24.0. The van der Waals surface area contributed by atoms with Crippen molar-refractivity contribution in [3.05, 3.63) is 34.2 Å². The van der Waals surface area contributed by atoms with Crippen LogP contribution in [-0.4, -0.2) is 27.5 Å². The monoisotopic (exact) mass is 360 g/mol. The van der Waals surface area contributed by atoms with Crippen LogP contribution < -0.4 is 15.6 Å². The molecule has 1 heterocycles. The fourth-order valence-electron chi connectivity index (χ4n) is 3.02. The highest BCUT2D eigenvalue weighted by Crippen LogP contribution is 2.34. The van der Waals surface area contributed by atoms with Gasteiger partial charge in [0.15, 0.2) is 0 Å². The lowest BCUT2D eigenvalue weighted by molar-refractivity contribution is 0.193. The highest BCUT2D eigenvalue weighted by molar-refractivity contribution is 5.89. The number of fused-ring (bicyclic) bond motifs is 1. The van der Waals surface area contributed by atoms with E-state index < -0.39 is 6.09 Å². The highest BCUT2D eigenvalue weighted by Gasteiger charge is 2.26. The predicted molar refractivity (Wildman–Crippen MR) is 97.9 cm³/mol. The maximum absolute atomic E-state index is 13.0. The number of ether oxygens (including phenoxy) is 1. The Balaban J connectivity index is 2.17. The number of amides is 1. The van der Waals surface area contributed by atoms with E-state index in [1.807, 2.05) is 6.92 Å². The van der Waals surface area contributed by atoms with Crippen LogP contribution in [-0.2, 0) is 13.1 Å². The molecule has 7 heteroatoms. The average molecular weight is 360 g/mol. The van der Waals surface area contributed by atoms with Gasteiger partial charge in [0, 0.05) is 11.9 Å². The van der Waals surface area contributed by atoms with Gasteiger partial charge in [-0.15, -0.1) is 0 Å². The quantitative estimate of drug-likeness (QED) is 0.628. The van der Waals surface area contributed by atoms with Gasteiger partial charge in [0.25, 0.3) is 5.56 Å². The van der Waals surface area contributed by atoms with Gasteiger partial charge in [0.2, 0.25) is 0 Å². The first-order valence-electron chi connectivity index (χ1n) is 8.99. The van der Waals surface area contributed by atoms with Gasteiger partial charge in [0.1, 0.15) is 11.5 Å². The number of unbranched alkanes of at least 4 members (excludes halogenated alkanes) is 1. The number of hydrogen-bond donors (Lipinski definition) is 3. The fourth-order valence-corrected chi connectivity index (χ4v) is 3.02. The van der Waals surface area contributed by atoms with Crippen LogP contribution >= 0.6 is 0 Å². The van der Waals surface area contributed by atoms with Crippen molar-refractivity contribution < 1.29 is 19.7 Å². The molecule has 3 N–H and O–H groups in total. The lowest BCUT2D eigenvalue weighted by Crippen LogP contribution is -2.30. The maximum Gasteiger partial charge on any atom is 0.404 e. The number of phenolic OH excluding ortho intramolecular Hbond substituents is 1. The van der Waals surface area contributed by atoms with Crippen LogP contribution in [0.4, 0.5) is 4.79 Å². The Morgan fingerprint density at radius 2 is 2.12 bits per heavy atom. The van der Waals surface area contributed by atoms with E-state index >= 15 is 0 Å². The van der Waals surface area contributed by atoms with Crippen LogP contribution in [0, 0.1) is 5.92 Å². The molecule has 140 valence electrons. The van der Waals surface area contributed by atoms with Gasteiger partial charge in [-0.2, -0.15) is 0 Å². The van der Waals surface area contributed by atoms with Gasteiger partial charge in [0.05, 0.1) is 24.2 Å². The summed E-state index contributed by atoms with van der Waals surface area (Å²) in [5, 5.41) is 22.2. The summed E-state index contributed by atoms with van der Waals surface area (Å²) >= 11 is 0. The van der Waals surface area contributed by atoms with E-state index in [0.717, 1.165) is 25.7 Å². The minimum absolute atomic E-state index is 0.0235. The summed E-state index contributed by atoms with van der Waals surface area (Å²) in [6.07, 6.45) is 2.77. The number of aromatic nitrogens is 1. The Morgan fingerprint density at radius 3 is 2.77 bits per heavy atom. The Labute approximate surface area is 151 Å². The minimum atomic E-state index is -1.16. The first-order valence-corrected chi connectivity index (χ1v) is 8.99. The molecule has 0 bridgehead atoms. The molecule has 0 radical (unpaired) electrons. The van der Waals surface area contributed by atoms with E-state index in [2.05, 4.69) is 5.32 Å². The molecule has 1 aromatic carbocycles. The lowest BCUT2D eigenvalue weighted by Gasteiger charge is -2.20. The Bertz CT molecular complexity index is 870. The summed E-state index contributed by atoms with van der Waals surface area (Å²) in [5.41, 5.74) is 0.329. The molecule has 0 spiro atoms. The number of pyridine rings is 1. The van der Waals surface area contributed by atoms with Crippen molar-refractivity contribution in [3.8, 4) is 11.5 Å².